The quantitative estimate of drug-likeness (QED) is 0.671. The molecule has 6 nitrogen and oxygen atoms in total. The van der Waals surface area contributed by atoms with Gasteiger partial charge in [0.05, 0.1) is 7.11 Å². The Kier molecular flexibility index (Phi) is 6.94. The molecule has 7 heteroatoms. The lowest BCUT2D eigenvalue weighted by atomic mass is 10.3. The average molecular weight is 315 g/mol. The zero-order valence-electron chi connectivity index (χ0n) is 12.9. The number of nitrogens with zero attached hydrogens (tertiary/aromatic N) is 1. The first-order valence-corrected chi connectivity index (χ1v) is 8.58. The van der Waals surface area contributed by atoms with Gasteiger partial charge in [0.15, 0.2) is 0 Å². The minimum atomic E-state index is -3.63. The van der Waals surface area contributed by atoms with Crippen molar-refractivity contribution >= 4 is 15.7 Å². The van der Waals surface area contributed by atoms with Crippen LogP contribution in [0.2, 0.25) is 0 Å². The summed E-state index contributed by atoms with van der Waals surface area (Å²) < 4.78 is 32.3. The molecule has 0 saturated carbocycles. The molecule has 1 rings (SSSR count). The van der Waals surface area contributed by atoms with E-state index in [1.165, 1.54) is 13.2 Å². The summed E-state index contributed by atoms with van der Waals surface area (Å²) in [5, 5.41) is 0. The summed E-state index contributed by atoms with van der Waals surface area (Å²) in [4.78, 5) is 2.27. The number of nitrogens with two attached hydrogens (primary N) is 1. The molecule has 0 saturated heterocycles. The summed E-state index contributed by atoms with van der Waals surface area (Å²) in [5.74, 6) is 0.289. The first-order valence-electron chi connectivity index (χ1n) is 7.10. The van der Waals surface area contributed by atoms with Crippen LogP contribution in [-0.4, -0.2) is 46.6 Å². The van der Waals surface area contributed by atoms with Gasteiger partial charge in [-0.15, -0.1) is 0 Å². The molecule has 0 fully saturated rings. The van der Waals surface area contributed by atoms with Crippen molar-refractivity contribution in [3.8, 4) is 5.75 Å². The Morgan fingerprint density at radius 3 is 2.57 bits per heavy atom. The first-order chi connectivity index (χ1) is 9.94. The van der Waals surface area contributed by atoms with Crippen LogP contribution in [0.15, 0.2) is 23.1 Å². The highest BCUT2D eigenvalue weighted by atomic mass is 32.2. The number of hydrogen-bond acceptors (Lipinski definition) is 5. The molecule has 0 heterocycles. The molecule has 1 aromatic carbocycles. The molecule has 0 aliphatic rings. The number of rotatable bonds is 9. The molecule has 1 aromatic rings. The Morgan fingerprint density at radius 1 is 1.29 bits per heavy atom. The third kappa shape index (κ3) is 5.18. The van der Waals surface area contributed by atoms with E-state index < -0.39 is 10.0 Å². The lowest BCUT2D eigenvalue weighted by Gasteiger charge is -2.19. The van der Waals surface area contributed by atoms with Crippen LogP contribution in [0.1, 0.15) is 20.3 Å². The molecule has 0 bridgehead atoms. The number of nitrogens with one attached hydrogen (secondary N) is 1. The molecule has 120 valence electrons. The van der Waals surface area contributed by atoms with Crippen LogP contribution in [0.3, 0.4) is 0 Å². The van der Waals surface area contributed by atoms with E-state index in [4.69, 9.17) is 10.5 Å². The van der Waals surface area contributed by atoms with Crippen molar-refractivity contribution in [3.05, 3.63) is 18.2 Å². The Labute approximate surface area is 127 Å². The molecule has 3 N–H and O–H groups in total. The molecule has 21 heavy (non-hydrogen) atoms. The van der Waals surface area contributed by atoms with Gasteiger partial charge < -0.3 is 15.4 Å². The van der Waals surface area contributed by atoms with E-state index in [2.05, 4.69) is 23.5 Å². The fraction of sp³-hybridized carbons (Fsp3) is 0.571. The Morgan fingerprint density at radius 2 is 2.00 bits per heavy atom. The lowest BCUT2D eigenvalue weighted by molar-refractivity contribution is 0.293. The predicted molar refractivity (Wildman–Crippen MR) is 85.0 cm³/mol. The van der Waals surface area contributed by atoms with E-state index in [0.29, 0.717) is 18.8 Å². The Hall–Kier alpha value is -1.31. The number of likely N-dealkylation sites (N-methyl/N-ethyl adjacent to an activating group) is 1. The van der Waals surface area contributed by atoms with E-state index in [1.54, 1.807) is 12.1 Å². The number of methoxy groups -OCH3 is 1. The van der Waals surface area contributed by atoms with Crippen LogP contribution >= 0.6 is 0 Å². The lowest BCUT2D eigenvalue weighted by Crippen LogP contribution is -2.35. The summed E-state index contributed by atoms with van der Waals surface area (Å²) in [7, 11) is -2.19. The van der Waals surface area contributed by atoms with Crippen molar-refractivity contribution in [2.75, 3.05) is 39.0 Å². The number of sulfonamides is 1. The molecule has 0 aliphatic carbocycles. The maximum Gasteiger partial charge on any atom is 0.244 e. The number of ether oxygens (including phenoxy) is 1. The van der Waals surface area contributed by atoms with E-state index in [9.17, 15) is 8.42 Å². The Bertz CT molecular complexity index is 546. The van der Waals surface area contributed by atoms with Gasteiger partial charge in [0.1, 0.15) is 10.6 Å². The molecule has 0 amide bonds. The van der Waals surface area contributed by atoms with Crippen LogP contribution in [0.4, 0.5) is 5.69 Å². The minimum absolute atomic E-state index is 0.0727. The third-order valence-electron chi connectivity index (χ3n) is 3.18. The number of hydrogen-bond donors (Lipinski definition) is 2. The van der Waals surface area contributed by atoms with E-state index >= 15 is 0 Å². The molecule has 0 unspecified atom stereocenters. The van der Waals surface area contributed by atoms with Crippen molar-refractivity contribution < 1.29 is 13.2 Å². The predicted octanol–water partition coefficient (Wildman–Crippen LogP) is 1.29. The SMILES string of the molecule is CCCN(CC)CCNS(=O)(=O)c1cc(N)ccc1OC. The van der Waals surface area contributed by atoms with Crippen LogP contribution < -0.4 is 15.2 Å². The highest BCUT2D eigenvalue weighted by Crippen LogP contribution is 2.25. The summed E-state index contributed by atoms with van der Waals surface area (Å²) in [5.41, 5.74) is 6.05. The van der Waals surface area contributed by atoms with E-state index in [0.717, 1.165) is 19.5 Å². The topological polar surface area (TPSA) is 84.7 Å². The van der Waals surface area contributed by atoms with Gasteiger partial charge >= 0.3 is 0 Å². The molecule has 0 atom stereocenters. The maximum absolute atomic E-state index is 12.3. The monoisotopic (exact) mass is 315 g/mol. The average Bonchev–Trinajstić information content (AvgIpc) is 2.46. The van der Waals surface area contributed by atoms with Crippen molar-refractivity contribution in [1.82, 2.24) is 9.62 Å². The second-order valence-electron chi connectivity index (χ2n) is 4.74. The summed E-state index contributed by atoms with van der Waals surface area (Å²) in [6.45, 7) is 7.05. The van der Waals surface area contributed by atoms with Gasteiger partial charge in [-0.25, -0.2) is 13.1 Å². The molecule has 0 aromatic heterocycles. The van der Waals surface area contributed by atoms with Gasteiger partial charge in [0.25, 0.3) is 0 Å². The normalized spacial score (nSPS) is 11.8. The summed E-state index contributed by atoms with van der Waals surface area (Å²) in [6, 6.07) is 4.57. The van der Waals surface area contributed by atoms with Gasteiger partial charge in [0.2, 0.25) is 10.0 Å². The van der Waals surface area contributed by atoms with E-state index in [1.807, 2.05) is 0 Å². The highest BCUT2D eigenvalue weighted by molar-refractivity contribution is 7.89. The van der Waals surface area contributed by atoms with Gasteiger partial charge in [0, 0.05) is 18.8 Å². The molecule has 0 aliphatic heterocycles. The molecular formula is C14H25N3O3S. The van der Waals surface area contributed by atoms with Crippen LogP contribution in [0, 0.1) is 0 Å². The largest absolute Gasteiger partial charge is 0.495 e. The highest BCUT2D eigenvalue weighted by Gasteiger charge is 2.19. The summed E-state index contributed by atoms with van der Waals surface area (Å²) in [6.07, 6.45) is 1.05. The zero-order valence-corrected chi connectivity index (χ0v) is 13.7. The van der Waals surface area contributed by atoms with Crippen molar-refractivity contribution in [2.45, 2.75) is 25.2 Å². The summed E-state index contributed by atoms with van der Waals surface area (Å²) >= 11 is 0. The standard InChI is InChI=1S/C14H25N3O3S/c1-4-9-17(5-2)10-8-16-21(18,19)14-11-12(15)6-7-13(14)20-3/h6-7,11,16H,4-5,8-10,15H2,1-3H3. The number of nitrogen functional groups attached to an aromatic ring is 1. The molecular weight excluding hydrogens is 290 g/mol. The zero-order chi connectivity index (χ0) is 15.9. The maximum atomic E-state index is 12.3. The van der Waals surface area contributed by atoms with Crippen LogP contribution in [0.25, 0.3) is 0 Å². The van der Waals surface area contributed by atoms with Gasteiger partial charge in [-0.1, -0.05) is 13.8 Å². The third-order valence-corrected chi connectivity index (χ3v) is 4.67. The van der Waals surface area contributed by atoms with Crippen molar-refractivity contribution in [1.29, 1.82) is 0 Å². The van der Waals surface area contributed by atoms with Crippen LogP contribution in [-0.2, 0) is 10.0 Å². The van der Waals surface area contributed by atoms with Crippen LogP contribution in [0.5, 0.6) is 5.75 Å². The smallest absolute Gasteiger partial charge is 0.244 e. The van der Waals surface area contributed by atoms with Gasteiger partial charge in [-0.05, 0) is 37.7 Å². The fourth-order valence-corrected chi connectivity index (χ4v) is 3.29. The van der Waals surface area contributed by atoms with E-state index in [-0.39, 0.29) is 10.6 Å². The number of benzene rings is 1. The Balaban J connectivity index is 2.76. The van der Waals surface area contributed by atoms with Crippen molar-refractivity contribution in [3.63, 3.8) is 0 Å². The first kappa shape index (κ1) is 17.7. The minimum Gasteiger partial charge on any atom is -0.495 e. The van der Waals surface area contributed by atoms with Crippen molar-refractivity contribution in [2.24, 2.45) is 0 Å². The molecule has 0 radical (unpaired) electrons. The second-order valence-corrected chi connectivity index (χ2v) is 6.48. The van der Waals surface area contributed by atoms with Gasteiger partial charge in [-0.3, -0.25) is 0 Å². The second kappa shape index (κ2) is 8.21. The fourth-order valence-electron chi connectivity index (χ4n) is 2.06. The molecule has 0 spiro atoms. The van der Waals surface area contributed by atoms with Gasteiger partial charge in [-0.2, -0.15) is 0 Å². The number of anilines is 1.